The van der Waals surface area contributed by atoms with Gasteiger partial charge < -0.3 is 0 Å². The summed E-state index contributed by atoms with van der Waals surface area (Å²) in [4.78, 5) is 16.2. The van der Waals surface area contributed by atoms with Gasteiger partial charge >= 0.3 is 6.15 Å². The molecular formula is C10H10O2. The number of hydrogen-bond acceptors (Lipinski definition) is 2. The number of benzene rings is 1. The van der Waals surface area contributed by atoms with Crippen LogP contribution in [0.3, 0.4) is 0 Å². The molecule has 2 nitrogen and oxygen atoms in total. The predicted octanol–water partition coefficient (Wildman–Crippen LogP) is 1.83. The van der Waals surface area contributed by atoms with Crippen LogP contribution < -0.4 is 0 Å². The van der Waals surface area contributed by atoms with E-state index in [-0.39, 0.29) is 6.15 Å². The second kappa shape index (κ2) is 7.45. The molecule has 0 fully saturated rings. The summed E-state index contributed by atoms with van der Waals surface area (Å²) in [5.41, 5.74) is 1.33. The maximum absolute atomic E-state index is 8.12. The van der Waals surface area contributed by atoms with Gasteiger partial charge in [-0.25, -0.2) is 0 Å². The van der Waals surface area contributed by atoms with Crippen molar-refractivity contribution in [3.63, 3.8) is 0 Å². The lowest BCUT2D eigenvalue weighted by Crippen LogP contribution is -1.75. The van der Waals surface area contributed by atoms with Crippen molar-refractivity contribution in [3.8, 4) is 0 Å². The van der Waals surface area contributed by atoms with Crippen LogP contribution in [-0.2, 0) is 16.0 Å². The first-order chi connectivity index (χ1) is 5.85. The lowest BCUT2D eigenvalue weighted by Gasteiger charge is -1.91. The predicted molar refractivity (Wildman–Crippen MR) is 45.4 cm³/mol. The molecule has 1 rings (SSSR count). The van der Waals surface area contributed by atoms with Gasteiger partial charge in [-0.05, 0) is 12.0 Å². The number of rotatable bonds is 2. The van der Waals surface area contributed by atoms with E-state index >= 15 is 0 Å². The Labute approximate surface area is 71.5 Å². The molecule has 0 aliphatic heterocycles. The van der Waals surface area contributed by atoms with Crippen LogP contribution >= 0.6 is 0 Å². The second-order valence-electron chi connectivity index (χ2n) is 2.06. The molecule has 0 saturated carbocycles. The molecule has 0 spiro atoms. The van der Waals surface area contributed by atoms with Crippen LogP contribution in [0.15, 0.2) is 43.0 Å². The van der Waals surface area contributed by atoms with E-state index < -0.39 is 0 Å². The first-order valence-corrected chi connectivity index (χ1v) is 3.49. The minimum atomic E-state index is 0.250. The minimum absolute atomic E-state index is 0.250. The molecule has 0 bridgehead atoms. The Morgan fingerprint density at radius 2 is 1.75 bits per heavy atom. The Bertz CT molecular complexity index is 246. The van der Waals surface area contributed by atoms with E-state index in [1.54, 1.807) is 0 Å². The summed E-state index contributed by atoms with van der Waals surface area (Å²) < 4.78 is 0. The molecule has 12 heavy (non-hydrogen) atoms. The van der Waals surface area contributed by atoms with Crippen LogP contribution in [-0.4, -0.2) is 6.15 Å². The highest BCUT2D eigenvalue weighted by Gasteiger charge is 1.82. The summed E-state index contributed by atoms with van der Waals surface area (Å²) in [5.74, 6) is 0. The molecule has 1 aromatic carbocycles. The number of hydrogen-bond donors (Lipinski definition) is 0. The molecule has 0 radical (unpaired) electrons. The van der Waals surface area contributed by atoms with Gasteiger partial charge in [0.2, 0.25) is 0 Å². The maximum atomic E-state index is 8.12. The molecule has 2 heteroatoms. The first-order valence-electron chi connectivity index (χ1n) is 3.49. The van der Waals surface area contributed by atoms with Gasteiger partial charge in [-0.2, -0.15) is 9.59 Å². The van der Waals surface area contributed by atoms with Crippen LogP contribution in [0.2, 0.25) is 0 Å². The SMILES string of the molecule is C=CCc1ccccc1.O=C=O. The molecule has 62 valence electrons. The lowest BCUT2D eigenvalue weighted by atomic mass is 10.2. The van der Waals surface area contributed by atoms with Crippen molar-refractivity contribution in [2.24, 2.45) is 0 Å². The summed E-state index contributed by atoms with van der Waals surface area (Å²) in [6.07, 6.45) is 3.14. The normalized spacial score (nSPS) is 7.33. The molecule has 0 N–H and O–H groups in total. The van der Waals surface area contributed by atoms with Gasteiger partial charge in [0.25, 0.3) is 0 Å². The average molecular weight is 162 g/mol. The van der Waals surface area contributed by atoms with Crippen molar-refractivity contribution in [3.05, 3.63) is 48.6 Å². The van der Waals surface area contributed by atoms with Crippen molar-refractivity contribution in [1.82, 2.24) is 0 Å². The molecule has 0 amide bonds. The summed E-state index contributed by atoms with van der Waals surface area (Å²) in [5, 5.41) is 0. The molecule has 1 aromatic rings. The van der Waals surface area contributed by atoms with Gasteiger partial charge in [-0.1, -0.05) is 36.4 Å². The third-order valence-electron chi connectivity index (χ3n) is 1.22. The van der Waals surface area contributed by atoms with Crippen LogP contribution in [0, 0.1) is 0 Å². The summed E-state index contributed by atoms with van der Waals surface area (Å²) in [6.45, 7) is 3.66. The highest BCUT2D eigenvalue weighted by molar-refractivity contribution is 5.20. The number of carbonyl (C=O) groups excluding carboxylic acids is 2. The highest BCUT2D eigenvalue weighted by atomic mass is 16.2. The monoisotopic (exact) mass is 162 g/mol. The molecule has 0 aromatic heterocycles. The van der Waals surface area contributed by atoms with Gasteiger partial charge in [-0.15, -0.1) is 6.58 Å². The van der Waals surface area contributed by atoms with Crippen LogP contribution in [0.5, 0.6) is 0 Å². The van der Waals surface area contributed by atoms with Crippen LogP contribution in [0.1, 0.15) is 5.56 Å². The molecule has 0 atom stereocenters. The smallest absolute Gasteiger partial charge is 0.186 e. The minimum Gasteiger partial charge on any atom is -0.186 e. The van der Waals surface area contributed by atoms with Gasteiger partial charge in [0.15, 0.2) is 0 Å². The fourth-order valence-electron chi connectivity index (χ4n) is 0.781. The standard InChI is InChI=1S/C9H10.CO2/c1-2-6-9-7-4-3-5-8-9;2-1-3/h2-5,7-8H,1,6H2;. The third-order valence-corrected chi connectivity index (χ3v) is 1.22. The summed E-state index contributed by atoms with van der Waals surface area (Å²) >= 11 is 0. The summed E-state index contributed by atoms with van der Waals surface area (Å²) in [6, 6.07) is 10.3. The second-order valence-corrected chi connectivity index (χ2v) is 2.06. The molecule has 0 aliphatic carbocycles. The molecule has 0 aliphatic rings. The van der Waals surface area contributed by atoms with Crippen LogP contribution in [0.25, 0.3) is 0 Å². The van der Waals surface area contributed by atoms with E-state index in [0.717, 1.165) is 6.42 Å². The average Bonchev–Trinajstić information content (AvgIpc) is 2.08. The largest absolute Gasteiger partial charge is 0.373 e. The van der Waals surface area contributed by atoms with E-state index in [1.165, 1.54) is 5.56 Å². The Balaban J connectivity index is 0.000000354. The Morgan fingerprint density at radius 3 is 2.17 bits per heavy atom. The van der Waals surface area contributed by atoms with E-state index in [9.17, 15) is 0 Å². The zero-order valence-electron chi connectivity index (χ0n) is 6.69. The Kier molecular flexibility index (Phi) is 6.42. The zero-order valence-corrected chi connectivity index (χ0v) is 6.69. The number of allylic oxidation sites excluding steroid dienone is 1. The van der Waals surface area contributed by atoms with Gasteiger partial charge in [0, 0.05) is 0 Å². The van der Waals surface area contributed by atoms with E-state index in [2.05, 4.69) is 18.7 Å². The van der Waals surface area contributed by atoms with Crippen molar-refractivity contribution >= 4 is 6.15 Å². The highest BCUT2D eigenvalue weighted by Crippen LogP contribution is 1.98. The zero-order chi connectivity index (χ0) is 9.23. The fourth-order valence-corrected chi connectivity index (χ4v) is 0.781. The maximum Gasteiger partial charge on any atom is 0.373 e. The van der Waals surface area contributed by atoms with E-state index in [0.29, 0.717) is 0 Å². The van der Waals surface area contributed by atoms with Crippen LogP contribution in [0.4, 0.5) is 0 Å². The van der Waals surface area contributed by atoms with E-state index in [4.69, 9.17) is 9.59 Å². The van der Waals surface area contributed by atoms with Gasteiger partial charge in [0.1, 0.15) is 0 Å². The molecule has 0 saturated heterocycles. The Morgan fingerprint density at radius 1 is 1.25 bits per heavy atom. The molecular weight excluding hydrogens is 152 g/mol. The Hall–Kier alpha value is -1.66. The fraction of sp³-hybridized carbons (Fsp3) is 0.100. The molecule has 0 heterocycles. The first kappa shape index (κ1) is 10.3. The van der Waals surface area contributed by atoms with Gasteiger partial charge in [0.05, 0.1) is 0 Å². The van der Waals surface area contributed by atoms with Gasteiger partial charge in [-0.3, -0.25) is 0 Å². The lowest BCUT2D eigenvalue weighted by molar-refractivity contribution is -0.191. The van der Waals surface area contributed by atoms with E-state index in [1.807, 2.05) is 24.3 Å². The topological polar surface area (TPSA) is 34.1 Å². The van der Waals surface area contributed by atoms with Crippen molar-refractivity contribution in [1.29, 1.82) is 0 Å². The van der Waals surface area contributed by atoms with Crippen molar-refractivity contribution < 1.29 is 9.59 Å². The third kappa shape index (κ3) is 5.15. The summed E-state index contributed by atoms with van der Waals surface area (Å²) in [7, 11) is 0. The molecule has 0 unspecified atom stereocenters. The van der Waals surface area contributed by atoms with Crippen molar-refractivity contribution in [2.75, 3.05) is 0 Å². The van der Waals surface area contributed by atoms with Crippen molar-refractivity contribution in [2.45, 2.75) is 6.42 Å². The quantitative estimate of drug-likeness (QED) is 0.622.